The van der Waals surface area contributed by atoms with Crippen molar-refractivity contribution in [1.82, 2.24) is 4.90 Å². The van der Waals surface area contributed by atoms with Crippen LogP contribution in [0.25, 0.3) is 0 Å². The van der Waals surface area contributed by atoms with Gasteiger partial charge < -0.3 is 14.7 Å². The Morgan fingerprint density at radius 1 is 1.45 bits per heavy atom. The van der Waals surface area contributed by atoms with Gasteiger partial charge in [0.15, 0.2) is 0 Å². The summed E-state index contributed by atoms with van der Waals surface area (Å²) in [5.74, 6) is 1.03. The molecule has 0 bridgehead atoms. The highest BCUT2D eigenvalue weighted by atomic mass is 79.9. The Kier molecular flexibility index (Phi) is 4.63. The molecule has 2 atom stereocenters. The molecule has 2 unspecified atom stereocenters. The third kappa shape index (κ3) is 3.10. The molecule has 118 valence electrons. The average Bonchev–Trinajstić information content (AvgIpc) is 2.89. The van der Waals surface area contributed by atoms with Crippen molar-refractivity contribution in [2.75, 3.05) is 24.7 Å². The topological polar surface area (TPSA) is 66.8 Å². The summed E-state index contributed by atoms with van der Waals surface area (Å²) >= 11 is 5.12. The lowest BCUT2D eigenvalue weighted by Crippen LogP contribution is -2.49. The van der Waals surface area contributed by atoms with Gasteiger partial charge in [0, 0.05) is 28.1 Å². The summed E-state index contributed by atoms with van der Waals surface area (Å²) in [5, 5.41) is 9.05. The number of hydrogen-bond acceptors (Lipinski definition) is 4. The van der Waals surface area contributed by atoms with Gasteiger partial charge in [0.25, 0.3) is 0 Å². The number of thioether (sulfide) groups is 1. The first-order valence-corrected chi connectivity index (χ1v) is 9.03. The fourth-order valence-corrected chi connectivity index (χ4v) is 4.35. The van der Waals surface area contributed by atoms with E-state index in [1.807, 2.05) is 18.2 Å². The van der Waals surface area contributed by atoms with Crippen LogP contribution < -0.4 is 4.74 Å². The minimum atomic E-state index is -0.865. The Morgan fingerprint density at radius 3 is 3.05 bits per heavy atom. The minimum Gasteiger partial charge on any atom is -0.492 e. The van der Waals surface area contributed by atoms with Crippen LogP contribution in [0, 0.1) is 0 Å². The second-order valence-electron chi connectivity index (χ2n) is 5.40. The maximum atomic E-state index is 12.9. The summed E-state index contributed by atoms with van der Waals surface area (Å²) in [7, 11) is 0. The molecule has 1 saturated heterocycles. The van der Waals surface area contributed by atoms with Gasteiger partial charge in [0.2, 0.25) is 5.91 Å². The van der Waals surface area contributed by atoms with Crippen molar-refractivity contribution in [2.24, 2.45) is 0 Å². The zero-order valence-corrected chi connectivity index (χ0v) is 14.2. The van der Waals surface area contributed by atoms with Crippen LogP contribution in [0.3, 0.4) is 0 Å². The standard InChI is InChI=1S/C15H16BrNO4S/c16-9-1-2-13-11(5-9)12(7-21-13)15(20)17-3-4-22-8-10(17)6-14(18)19/h1-2,5,10,12H,3-4,6-8H2,(H,18,19). The Morgan fingerprint density at radius 2 is 2.27 bits per heavy atom. The zero-order chi connectivity index (χ0) is 15.7. The lowest BCUT2D eigenvalue weighted by molar-refractivity contribution is -0.141. The van der Waals surface area contributed by atoms with E-state index in [1.165, 1.54) is 0 Å². The number of aliphatic carboxylic acids is 1. The molecule has 2 heterocycles. The molecule has 2 aliphatic rings. The van der Waals surface area contributed by atoms with Gasteiger partial charge in [-0.25, -0.2) is 0 Å². The number of ether oxygens (including phenoxy) is 1. The molecule has 0 aromatic heterocycles. The molecule has 5 nitrogen and oxygen atoms in total. The van der Waals surface area contributed by atoms with E-state index >= 15 is 0 Å². The number of nitrogens with zero attached hydrogens (tertiary/aromatic N) is 1. The van der Waals surface area contributed by atoms with E-state index in [4.69, 9.17) is 9.84 Å². The maximum absolute atomic E-state index is 12.9. The van der Waals surface area contributed by atoms with E-state index < -0.39 is 5.97 Å². The van der Waals surface area contributed by atoms with Crippen molar-refractivity contribution in [1.29, 1.82) is 0 Å². The average molecular weight is 386 g/mol. The molecule has 1 aromatic carbocycles. The van der Waals surface area contributed by atoms with Crippen LogP contribution in [0.5, 0.6) is 5.75 Å². The number of rotatable bonds is 3. The lowest BCUT2D eigenvalue weighted by Gasteiger charge is -2.36. The first-order valence-electron chi connectivity index (χ1n) is 7.08. The van der Waals surface area contributed by atoms with Gasteiger partial charge in [-0.1, -0.05) is 15.9 Å². The maximum Gasteiger partial charge on any atom is 0.305 e. The van der Waals surface area contributed by atoms with Crippen molar-refractivity contribution in [3.63, 3.8) is 0 Å². The highest BCUT2D eigenvalue weighted by Crippen LogP contribution is 2.37. The monoisotopic (exact) mass is 385 g/mol. The van der Waals surface area contributed by atoms with Crippen molar-refractivity contribution in [2.45, 2.75) is 18.4 Å². The van der Waals surface area contributed by atoms with Crippen LogP contribution >= 0.6 is 27.7 Å². The quantitative estimate of drug-likeness (QED) is 0.864. The van der Waals surface area contributed by atoms with Crippen LogP contribution in [0.15, 0.2) is 22.7 Å². The summed E-state index contributed by atoms with van der Waals surface area (Å²) in [6.45, 7) is 0.926. The van der Waals surface area contributed by atoms with Gasteiger partial charge in [0.05, 0.1) is 12.5 Å². The lowest BCUT2D eigenvalue weighted by atomic mass is 9.98. The highest BCUT2D eigenvalue weighted by Gasteiger charge is 2.37. The van der Waals surface area contributed by atoms with Crippen LogP contribution in [0.1, 0.15) is 17.9 Å². The third-order valence-electron chi connectivity index (χ3n) is 3.97. The van der Waals surface area contributed by atoms with Gasteiger partial charge in [-0.05, 0) is 18.2 Å². The molecule has 2 aliphatic heterocycles. The van der Waals surface area contributed by atoms with Gasteiger partial charge in [-0.2, -0.15) is 11.8 Å². The molecule has 1 aromatic rings. The van der Waals surface area contributed by atoms with Crippen molar-refractivity contribution in [3.8, 4) is 5.75 Å². The first kappa shape index (κ1) is 15.7. The largest absolute Gasteiger partial charge is 0.492 e. The molecule has 1 amide bonds. The van der Waals surface area contributed by atoms with Crippen LogP contribution in [0.4, 0.5) is 0 Å². The molecule has 0 saturated carbocycles. The number of fused-ring (bicyclic) bond motifs is 1. The molecular weight excluding hydrogens is 370 g/mol. The van der Waals surface area contributed by atoms with Gasteiger partial charge in [-0.3, -0.25) is 9.59 Å². The Labute approximate surface area is 141 Å². The molecule has 0 aliphatic carbocycles. The Balaban J connectivity index is 1.82. The minimum absolute atomic E-state index is 0.00232. The number of carbonyl (C=O) groups is 2. The molecule has 7 heteroatoms. The van der Waals surface area contributed by atoms with Crippen molar-refractivity contribution in [3.05, 3.63) is 28.2 Å². The number of halogens is 1. The number of carbonyl (C=O) groups excluding carboxylic acids is 1. The molecule has 3 rings (SSSR count). The van der Waals surface area contributed by atoms with E-state index in [9.17, 15) is 9.59 Å². The predicted molar refractivity (Wildman–Crippen MR) is 87.5 cm³/mol. The second-order valence-corrected chi connectivity index (χ2v) is 7.47. The summed E-state index contributed by atoms with van der Waals surface area (Å²) in [6.07, 6.45) is -0.00232. The molecule has 22 heavy (non-hydrogen) atoms. The third-order valence-corrected chi connectivity index (χ3v) is 5.56. The molecule has 1 N–H and O–H groups in total. The highest BCUT2D eigenvalue weighted by molar-refractivity contribution is 9.10. The number of hydrogen-bond donors (Lipinski definition) is 1. The van der Waals surface area contributed by atoms with Crippen LogP contribution in [0.2, 0.25) is 0 Å². The fourth-order valence-electron chi connectivity index (χ4n) is 2.91. The van der Waals surface area contributed by atoms with Crippen molar-refractivity contribution >= 4 is 39.6 Å². The predicted octanol–water partition coefficient (Wildman–Crippen LogP) is 2.34. The Hall–Kier alpha value is -1.21. The summed E-state index contributed by atoms with van der Waals surface area (Å²) in [6, 6.07) is 5.42. The van der Waals surface area contributed by atoms with E-state index in [0.717, 1.165) is 21.5 Å². The van der Waals surface area contributed by atoms with E-state index in [-0.39, 0.29) is 24.3 Å². The summed E-state index contributed by atoms with van der Waals surface area (Å²) in [5.41, 5.74) is 0.881. The zero-order valence-electron chi connectivity index (χ0n) is 11.8. The number of carboxylic acids is 1. The Bertz CT molecular complexity index is 609. The van der Waals surface area contributed by atoms with Gasteiger partial charge in [-0.15, -0.1) is 0 Å². The van der Waals surface area contributed by atoms with E-state index in [0.29, 0.717) is 18.9 Å². The van der Waals surface area contributed by atoms with E-state index in [2.05, 4.69) is 15.9 Å². The summed E-state index contributed by atoms with van der Waals surface area (Å²) < 4.78 is 6.51. The first-order chi connectivity index (χ1) is 10.6. The van der Waals surface area contributed by atoms with Crippen molar-refractivity contribution < 1.29 is 19.4 Å². The SMILES string of the molecule is O=C(O)CC1CSCCN1C(=O)C1COc2ccc(Br)cc21. The second kappa shape index (κ2) is 6.50. The van der Waals surface area contributed by atoms with Crippen LogP contribution in [-0.2, 0) is 9.59 Å². The molecule has 1 fully saturated rings. The summed E-state index contributed by atoms with van der Waals surface area (Å²) in [4.78, 5) is 25.6. The molecular formula is C15H16BrNO4S. The smallest absolute Gasteiger partial charge is 0.305 e. The van der Waals surface area contributed by atoms with E-state index in [1.54, 1.807) is 16.7 Å². The molecule has 0 spiro atoms. The molecule has 0 radical (unpaired) electrons. The van der Waals surface area contributed by atoms with Crippen LogP contribution in [-0.4, -0.2) is 52.6 Å². The number of carboxylic acid groups (broad SMARTS) is 1. The van der Waals surface area contributed by atoms with Gasteiger partial charge >= 0.3 is 5.97 Å². The number of amides is 1. The number of benzene rings is 1. The fraction of sp³-hybridized carbons (Fsp3) is 0.467. The normalized spacial score (nSPS) is 23.8. The van der Waals surface area contributed by atoms with Gasteiger partial charge in [0.1, 0.15) is 18.3 Å².